The molecular weight excluding hydrogens is 424 g/mol. The van der Waals surface area contributed by atoms with Crippen LogP contribution >= 0.6 is 11.5 Å². The molecule has 1 fully saturated rings. The zero-order valence-electron chi connectivity index (χ0n) is 16.7. The molecule has 0 atom stereocenters. The van der Waals surface area contributed by atoms with Crippen LogP contribution in [-0.2, 0) is 11.4 Å². The Labute approximate surface area is 180 Å². The normalized spacial score (nSPS) is 13.4. The molecule has 0 unspecified atom stereocenters. The largest absolute Gasteiger partial charge is 0.477 e. The molecular formula is C19H20N6O5S. The smallest absolute Gasteiger partial charge is 0.341 e. The molecule has 0 bridgehead atoms. The van der Waals surface area contributed by atoms with E-state index in [4.69, 9.17) is 9.94 Å². The zero-order chi connectivity index (χ0) is 22.0. The van der Waals surface area contributed by atoms with Crippen LogP contribution in [0.5, 0.6) is 0 Å². The maximum absolute atomic E-state index is 12.8. The van der Waals surface area contributed by atoms with Crippen molar-refractivity contribution in [1.82, 2.24) is 18.9 Å². The predicted molar refractivity (Wildman–Crippen MR) is 114 cm³/mol. The minimum Gasteiger partial charge on any atom is -0.477 e. The van der Waals surface area contributed by atoms with E-state index in [1.54, 1.807) is 17.6 Å². The summed E-state index contributed by atoms with van der Waals surface area (Å²) < 4.78 is 5.60. The van der Waals surface area contributed by atoms with Crippen LogP contribution in [0.1, 0.15) is 27.3 Å². The Morgan fingerprint density at radius 3 is 2.87 bits per heavy atom. The molecule has 31 heavy (non-hydrogen) atoms. The molecule has 11 nitrogen and oxygen atoms in total. The standard InChI is InChI=1S/C19H20N6O5S/c1-11-5-14(24-6-12(7-24)23-30-4-2-3-26)22-18-16(11)17(27)13(19(28)29)8-25(18)9-15-20-10-21-31-15/h5,8,10,26H,2-4,6-7,9H2,1H3,(H,28,29). The van der Waals surface area contributed by atoms with Crippen molar-refractivity contribution in [2.24, 2.45) is 5.16 Å². The monoisotopic (exact) mass is 444 g/mol. The highest BCUT2D eigenvalue weighted by Crippen LogP contribution is 2.24. The number of carboxylic acids is 1. The number of nitrogens with zero attached hydrogens (tertiary/aromatic N) is 6. The van der Waals surface area contributed by atoms with E-state index in [1.165, 1.54) is 24.1 Å². The molecule has 4 heterocycles. The third-order valence-corrected chi connectivity index (χ3v) is 5.46. The van der Waals surface area contributed by atoms with Crippen molar-refractivity contribution in [3.8, 4) is 0 Å². The lowest BCUT2D eigenvalue weighted by Crippen LogP contribution is -2.48. The van der Waals surface area contributed by atoms with Gasteiger partial charge in [-0.15, -0.1) is 0 Å². The summed E-state index contributed by atoms with van der Waals surface area (Å²) in [6.45, 7) is 3.50. The first kappa shape index (κ1) is 20.9. The first-order valence-corrected chi connectivity index (χ1v) is 10.3. The van der Waals surface area contributed by atoms with Crippen molar-refractivity contribution in [1.29, 1.82) is 0 Å². The number of carbonyl (C=O) groups is 1. The van der Waals surface area contributed by atoms with Gasteiger partial charge in [0.05, 0.1) is 30.7 Å². The molecule has 162 valence electrons. The van der Waals surface area contributed by atoms with Crippen LogP contribution < -0.4 is 10.3 Å². The highest BCUT2D eigenvalue weighted by molar-refractivity contribution is 7.05. The Bertz CT molecular complexity index is 1200. The number of hydrogen-bond donors (Lipinski definition) is 2. The first-order chi connectivity index (χ1) is 15.0. The highest BCUT2D eigenvalue weighted by Gasteiger charge is 2.26. The summed E-state index contributed by atoms with van der Waals surface area (Å²) in [5.74, 6) is -0.626. The molecule has 0 aromatic carbocycles. The van der Waals surface area contributed by atoms with Crippen molar-refractivity contribution in [3.63, 3.8) is 0 Å². The van der Waals surface area contributed by atoms with E-state index in [-0.39, 0.29) is 24.1 Å². The van der Waals surface area contributed by atoms with Gasteiger partial charge in [-0.25, -0.2) is 14.8 Å². The van der Waals surface area contributed by atoms with Gasteiger partial charge in [0.15, 0.2) is 0 Å². The van der Waals surface area contributed by atoms with Crippen LogP contribution in [0.4, 0.5) is 5.82 Å². The number of fused-ring (bicyclic) bond motifs is 1. The molecule has 4 rings (SSSR count). The van der Waals surface area contributed by atoms with E-state index in [1.807, 2.05) is 4.90 Å². The first-order valence-electron chi connectivity index (χ1n) is 9.55. The van der Waals surface area contributed by atoms with Gasteiger partial charge in [0.2, 0.25) is 5.43 Å². The number of pyridine rings is 2. The van der Waals surface area contributed by atoms with E-state index in [2.05, 4.69) is 19.5 Å². The Morgan fingerprint density at radius 1 is 1.39 bits per heavy atom. The van der Waals surface area contributed by atoms with Crippen LogP contribution in [0.25, 0.3) is 11.0 Å². The molecule has 0 amide bonds. The molecule has 0 spiro atoms. The van der Waals surface area contributed by atoms with E-state index in [0.717, 1.165) is 5.71 Å². The summed E-state index contributed by atoms with van der Waals surface area (Å²) in [6.07, 6.45) is 3.26. The van der Waals surface area contributed by atoms with Crippen LogP contribution in [0.15, 0.2) is 28.5 Å². The molecule has 0 radical (unpaired) electrons. The fourth-order valence-electron chi connectivity index (χ4n) is 3.26. The van der Waals surface area contributed by atoms with Gasteiger partial charge < -0.3 is 24.5 Å². The number of hydrogen-bond acceptors (Lipinski definition) is 10. The number of aromatic carboxylic acids is 1. The summed E-state index contributed by atoms with van der Waals surface area (Å²) in [6, 6.07) is 1.77. The van der Waals surface area contributed by atoms with Crippen molar-refractivity contribution in [2.75, 3.05) is 31.2 Å². The quantitative estimate of drug-likeness (QED) is 0.382. The summed E-state index contributed by atoms with van der Waals surface area (Å²) in [5, 5.41) is 23.2. The molecule has 12 heteroatoms. The second-order valence-corrected chi connectivity index (χ2v) is 7.92. The zero-order valence-corrected chi connectivity index (χ0v) is 17.5. The molecule has 1 saturated heterocycles. The number of anilines is 1. The Morgan fingerprint density at radius 2 is 2.19 bits per heavy atom. The number of aliphatic hydroxyl groups is 1. The van der Waals surface area contributed by atoms with Gasteiger partial charge in [-0.3, -0.25) is 4.79 Å². The topological polar surface area (TPSA) is 143 Å². The second-order valence-electron chi connectivity index (χ2n) is 7.06. The number of carboxylic acid groups (broad SMARTS) is 1. The lowest BCUT2D eigenvalue weighted by atomic mass is 10.1. The van der Waals surface area contributed by atoms with Crippen molar-refractivity contribution >= 4 is 40.1 Å². The van der Waals surface area contributed by atoms with Crippen LogP contribution in [0.2, 0.25) is 0 Å². The SMILES string of the molecule is Cc1cc(N2CC(=NOCCCO)C2)nc2c1c(=O)c(C(=O)O)cn2Cc1ncns1. The van der Waals surface area contributed by atoms with Gasteiger partial charge in [-0.2, -0.15) is 4.37 Å². The molecule has 3 aromatic rings. The van der Waals surface area contributed by atoms with Gasteiger partial charge in [0, 0.05) is 19.2 Å². The average Bonchev–Trinajstić information content (AvgIpc) is 3.21. The predicted octanol–water partition coefficient (Wildman–Crippen LogP) is 0.878. The van der Waals surface area contributed by atoms with Gasteiger partial charge in [0.25, 0.3) is 0 Å². The molecule has 2 N–H and O–H groups in total. The number of aryl methyl sites for hydroxylation is 1. The molecule has 1 aliphatic rings. The summed E-state index contributed by atoms with van der Waals surface area (Å²) in [5.41, 5.74) is 1.02. The van der Waals surface area contributed by atoms with Crippen molar-refractivity contribution in [2.45, 2.75) is 19.9 Å². The van der Waals surface area contributed by atoms with E-state index in [0.29, 0.717) is 48.2 Å². The lowest BCUT2D eigenvalue weighted by Gasteiger charge is -2.33. The second kappa shape index (κ2) is 8.78. The molecule has 0 saturated carbocycles. The summed E-state index contributed by atoms with van der Waals surface area (Å²) >= 11 is 1.20. The number of aromatic nitrogens is 4. The number of aliphatic hydroxyl groups excluding tert-OH is 1. The van der Waals surface area contributed by atoms with Gasteiger partial charge in [-0.1, -0.05) is 5.16 Å². The molecule has 0 aliphatic carbocycles. The van der Waals surface area contributed by atoms with Crippen molar-refractivity contribution in [3.05, 3.63) is 44.9 Å². The minimum absolute atomic E-state index is 0.0552. The Balaban J connectivity index is 1.70. The number of oxime groups is 1. The Kier molecular flexibility index (Phi) is 5.91. The fourth-order valence-corrected chi connectivity index (χ4v) is 3.77. The maximum atomic E-state index is 12.8. The minimum atomic E-state index is -1.29. The molecule has 1 aliphatic heterocycles. The average molecular weight is 444 g/mol. The summed E-state index contributed by atoms with van der Waals surface area (Å²) in [4.78, 5) is 40.4. The van der Waals surface area contributed by atoms with Crippen molar-refractivity contribution < 1.29 is 19.8 Å². The van der Waals surface area contributed by atoms with E-state index < -0.39 is 11.4 Å². The van der Waals surface area contributed by atoms with E-state index >= 15 is 0 Å². The number of rotatable bonds is 8. The molecule has 3 aromatic heterocycles. The van der Waals surface area contributed by atoms with Gasteiger partial charge in [0.1, 0.15) is 35.0 Å². The third kappa shape index (κ3) is 4.25. The van der Waals surface area contributed by atoms with Gasteiger partial charge >= 0.3 is 5.97 Å². The maximum Gasteiger partial charge on any atom is 0.341 e. The fraction of sp³-hybridized carbons (Fsp3) is 0.368. The highest BCUT2D eigenvalue weighted by atomic mass is 32.1. The van der Waals surface area contributed by atoms with Crippen LogP contribution in [0.3, 0.4) is 0 Å². The van der Waals surface area contributed by atoms with Gasteiger partial charge in [-0.05, 0) is 30.1 Å². The third-order valence-electron chi connectivity index (χ3n) is 4.81. The lowest BCUT2D eigenvalue weighted by molar-refractivity contribution is 0.0695. The Hall–Kier alpha value is -3.38. The van der Waals surface area contributed by atoms with E-state index in [9.17, 15) is 14.7 Å². The van der Waals surface area contributed by atoms with Crippen LogP contribution in [0, 0.1) is 6.92 Å². The van der Waals surface area contributed by atoms with Crippen LogP contribution in [-0.4, -0.2) is 67.1 Å². The summed E-state index contributed by atoms with van der Waals surface area (Å²) in [7, 11) is 0.